The number of nitrogens with zero attached hydrogens (tertiary/aromatic N) is 2. The number of fused-ring (bicyclic) bond motifs is 1. The first-order valence-corrected chi connectivity index (χ1v) is 8.53. The maximum Gasteiger partial charge on any atom is 0.198 e. The lowest BCUT2D eigenvalue weighted by Gasteiger charge is -2.12. The lowest BCUT2D eigenvalue weighted by Crippen LogP contribution is -2.04. The molecule has 0 radical (unpaired) electrons. The van der Waals surface area contributed by atoms with Crippen molar-refractivity contribution in [3.05, 3.63) is 66.4 Å². The molecule has 0 aliphatic heterocycles. The number of furan rings is 1. The van der Waals surface area contributed by atoms with Crippen LogP contribution in [0, 0.1) is 0 Å². The van der Waals surface area contributed by atoms with Gasteiger partial charge in [0.2, 0.25) is 0 Å². The van der Waals surface area contributed by atoms with E-state index in [-0.39, 0.29) is 0 Å². The summed E-state index contributed by atoms with van der Waals surface area (Å²) in [6.07, 6.45) is 1.61. The van der Waals surface area contributed by atoms with Crippen molar-refractivity contribution < 1.29 is 13.9 Å². The van der Waals surface area contributed by atoms with Crippen LogP contribution in [0.25, 0.3) is 22.5 Å². The third-order valence-electron chi connectivity index (χ3n) is 4.22. The minimum absolute atomic E-state index is 0.546. The standard InChI is InChI=1S/C21H19N3O3/c1-25-15-10-14(11-16(12-15)26-2)13-22-20-17-6-3-4-7-18(17)23-21(24-20)19-8-5-9-27-19/h3-12H,13H2,1-2H3,(H,22,23,24). The van der Waals surface area contributed by atoms with Gasteiger partial charge in [0, 0.05) is 18.0 Å². The average Bonchev–Trinajstić information content (AvgIpc) is 3.26. The number of benzene rings is 2. The number of para-hydroxylation sites is 1. The van der Waals surface area contributed by atoms with E-state index >= 15 is 0 Å². The minimum atomic E-state index is 0.546. The van der Waals surface area contributed by atoms with Gasteiger partial charge in [-0.3, -0.25) is 0 Å². The summed E-state index contributed by atoms with van der Waals surface area (Å²) in [4.78, 5) is 9.27. The second-order valence-corrected chi connectivity index (χ2v) is 5.96. The highest BCUT2D eigenvalue weighted by Gasteiger charge is 2.11. The lowest BCUT2D eigenvalue weighted by atomic mass is 10.2. The van der Waals surface area contributed by atoms with Gasteiger partial charge in [-0.25, -0.2) is 9.97 Å². The third-order valence-corrected chi connectivity index (χ3v) is 4.22. The number of aromatic nitrogens is 2. The van der Waals surface area contributed by atoms with Crippen LogP contribution in [0.2, 0.25) is 0 Å². The van der Waals surface area contributed by atoms with E-state index < -0.39 is 0 Å². The molecule has 0 fully saturated rings. The average molecular weight is 361 g/mol. The van der Waals surface area contributed by atoms with E-state index in [4.69, 9.17) is 13.9 Å². The molecule has 2 aromatic carbocycles. The molecule has 0 unspecified atom stereocenters. The number of hydrogen-bond acceptors (Lipinski definition) is 6. The first-order valence-electron chi connectivity index (χ1n) is 8.53. The summed E-state index contributed by atoms with van der Waals surface area (Å²) >= 11 is 0. The second-order valence-electron chi connectivity index (χ2n) is 5.96. The Morgan fingerprint density at radius 3 is 2.41 bits per heavy atom. The van der Waals surface area contributed by atoms with Crippen molar-refractivity contribution in [3.63, 3.8) is 0 Å². The monoisotopic (exact) mass is 361 g/mol. The van der Waals surface area contributed by atoms with Crippen LogP contribution >= 0.6 is 0 Å². The van der Waals surface area contributed by atoms with E-state index in [9.17, 15) is 0 Å². The fraction of sp³-hybridized carbons (Fsp3) is 0.143. The molecule has 0 amide bonds. The smallest absolute Gasteiger partial charge is 0.198 e. The van der Waals surface area contributed by atoms with Crippen molar-refractivity contribution >= 4 is 16.7 Å². The molecule has 2 aromatic heterocycles. The first-order chi connectivity index (χ1) is 13.3. The zero-order valence-electron chi connectivity index (χ0n) is 15.1. The van der Waals surface area contributed by atoms with Crippen LogP contribution in [0.4, 0.5) is 5.82 Å². The fourth-order valence-electron chi connectivity index (χ4n) is 2.88. The molecule has 1 N–H and O–H groups in total. The van der Waals surface area contributed by atoms with Crippen LogP contribution in [-0.2, 0) is 6.54 Å². The van der Waals surface area contributed by atoms with Gasteiger partial charge in [0.15, 0.2) is 11.6 Å². The van der Waals surface area contributed by atoms with Crippen LogP contribution in [0.1, 0.15) is 5.56 Å². The van der Waals surface area contributed by atoms with Crippen LogP contribution < -0.4 is 14.8 Å². The van der Waals surface area contributed by atoms with Gasteiger partial charge in [-0.2, -0.15) is 0 Å². The Balaban J connectivity index is 1.69. The summed E-state index contributed by atoms with van der Waals surface area (Å²) in [5.41, 5.74) is 1.87. The van der Waals surface area contributed by atoms with Crippen molar-refractivity contribution in [2.75, 3.05) is 19.5 Å². The molecule has 6 nitrogen and oxygen atoms in total. The quantitative estimate of drug-likeness (QED) is 0.544. The Hall–Kier alpha value is -3.54. The number of hydrogen-bond donors (Lipinski definition) is 1. The molecule has 4 rings (SSSR count). The Labute approximate surface area is 156 Å². The van der Waals surface area contributed by atoms with E-state index in [0.29, 0.717) is 18.1 Å². The molecule has 0 aliphatic rings. The predicted octanol–water partition coefficient (Wildman–Crippen LogP) is 4.52. The van der Waals surface area contributed by atoms with Crippen molar-refractivity contribution in [3.8, 4) is 23.1 Å². The Kier molecular flexibility index (Phi) is 4.61. The van der Waals surface area contributed by atoms with Crippen LogP contribution in [-0.4, -0.2) is 24.2 Å². The van der Waals surface area contributed by atoms with E-state index in [1.54, 1.807) is 20.5 Å². The summed E-state index contributed by atoms with van der Waals surface area (Å²) in [5.74, 6) is 3.41. The molecule has 0 saturated heterocycles. The number of nitrogens with one attached hydrogen (secondary N) is 1. The highest BCUT2D eigenvalue weighted by molar-refractivity contribution is 5.90. The van der Waals surface area contributed by atoms with Crippen LogP contribution in [0.3, 0.4) is 0 Å². The van der Waals surface area contributed by atoms with Gasteiger partial charge < -0.3 is 19.2 Å². The predicted molar refractivity (Wildman–Crippen MR) is 104 cm³/mol. The summed E-state index contributed by atoms with van der Waals surface area (Å²) in [6.45, 7) is 0.562. The van der Waals surface area contributed by atoms with Crippen molar-refractivity contribution in [2.24, 2.45) is 0 Å². The molecular formula is C21H19N3O3. The zero-order valence-corrected chi connectivity index (χ0v) is 15.1. The number of ether oxygens (including phenoxy) is 2. The summed E-state index contributed by atoms with van der Waals surface area (Å²) in [5, 5.41) is 4.35. The molecule has 0 saturated carbocycles. The molecular weight excluding hydrogens is 342 g/mol. The molecule has 0 aliphatic carbocycles. The molecule has 136 valence electrons. The number of rotatable bonds is 6. The molecule has 4 aromatic rings. The van der Waals surface area contributed by atoms with Crippen molar-refractivity contribution in [1.29, 1.82) is 0 Å². The Bertz CT molecular complexity index is 1040. The molecule has 0 spiro atoms. The van der Waals surface area contributed by atoms with Gasteiger partial charge in [-0.15, -0.1) is 0 Å². The van der Waals surface area contributed by atoms with Gasteiger partial charge >= 0.3 is 0 Å². The largest absolute Gasteiger partial charge is 0.497 e. The van der Waals surface area contributed by atoms with Gasteiger partial charge in [0.05, 0.1) is 26.0 Å². The molecule has 0 atom stereocenters. The third kappa shape index (κ3) is 3.55. The van der Waals surface area contributed by atoms with Crippen LogP contribution in [0.5, 0.6) is 11.5 Å². The maximum atomic E-state index is 5.46. The second kappa shape index (κ2) is 7.37. The highest BCUT2D eigenvalue weighted by atomic mass is 16.5. The van der Waals surface area contributed by atoms with E-state index in [0.717, 1.165) is 33.8 Å². The molecule has 27 heavy (non-hydrogen) atoms. The van der Waals surface area contributed by atoms with Gasteiger partial charge in [0.25, 0.3) is 0 Å². The van der Waals surface area contributed by atoms with E-state index in [2.05, 4.69) is 15.3 Å². The van der Waals surface area contributed by atoms with E-state index in [1.165, 1.54) is 0 Å². The van der Waals surface area contributed by atoms with Crippen molar-refractivity contribution in [1.82, 2.24) is 9.97 Å². The number of anilines is 1. The number of methoxy groups -OCH3 is 2. The summed E-state index contributed by atoms with van der Waals surface area (Å²) in [6, 6.07) is 17.3. The van der Waals surface area contributed by atoms with Gasteiger partial charge in [0.1, 0.15) is 17.3 Å². The van der Waals surface area contributed by atoms with Crippen molar-refractivity contribution in [2.45, 2.75) is 6.54 Å². The highest BCUT2D eigenvalue weighted by Crippen LogP contribution is 2.27. The Morgan fingerprint density at radius 1 is 0.926 bits per heavy atom. The first kappa shape index (κ1) is 16.9. The Morgan fingerprint density at radius 2 is 1.70 bits per heavy atom. The van der Waals surface area contributed by atoms with E-state index in [1.807, 2.05) is 54.6 Å². The topological polar surface area (TPSA) is 69.4 Å². The minimum Gasteiger partial charge on any atom is -0.497 e. The summed E-state index contributed by atoms with van der Waals surface area (Å²) < 4.78 is 16.1. The zero-order chi connectivity index (χ0) is 18.6. The SMILES string of the molecule is COc1cc(CNc2nc(-c3ccco3)nc3ccccc23)cc(OC)c1. The lowest BCUT2D eigenvalue weighted by molar-refractivity contribution is 0.393. The van der Waals surface area contributed by atoms with Crippen LogP contribution in [0.15, 0.2) is 65.3 Å². The normalized spacial score (nSPS) is 10.7. The van der Waals surface area contributed by atoms with Gasteiger partial charge in [-0.05, 0) is 42.0 Å². The molecule has 2 heterocycles. The van der Waals surface area contributed by atoms with Gasteiger partial charge in [-0.1, -0.05) is 12.1 Å². The maximum absolute atomic E-state index is 5.46. The molecule has 6 heteroatoms. The summed E-state index contributed by atoms with van der Waals surface area (Å²) in [7, 11) is 3.28. The molecule has 0 bridgehead atoms. The fourth-order valence-corrected chi connectivity index (χ4v) is 2.88.